The maximum absolute atomic E-state index is 5.53. The van der Waals surface area contributed by atoms with Gasteiger partial charge in [0.1, 0.15) is 5.52 Å². The van der Waals surface area contributed by atoms with Crippen molar-refractivity contribution in [1.82, 2.24) is 19.3 Å². The molecule has 1 N–H and O–H groups in total. The Kier molecular flexibility index (Phi) is 3.25. The molecule has 1 aliphatic carbocycles. The number of nitrogens with zero attached hydrogens (tertiary/aromatic N) is 3. The van der Waals surface area contributed by atoms with Crippen LogP contribution in [-0.4, -0.2) is 19.3 Å². The highest BCUT2D eigenvalue weighted by molar-refractivity contribution is 7.71. The molecule has 0 radical (unpaired) electrons. The van der Waals surface area contributed by atoms with Gasteiger partial charge in [-0.25, -0.2) is 0 Å². The minimum atomic E-state index is 0.541. The third-order valence-electron chi connectivity index (χ3n) is 4.63. The van der Waals surface area contributed by atoms with Crippen LogP contribution in [0.2, 0.25) is 0 Å². The molecular weight excluding hydrogens is 256 g/mol. The van der Waals surface area contributed by atoms with Crippen LogP contribution in [0.15, 0.2) is 0 Å². The second kappa shape index (κ2) is 4.78. The first-order valence-electron chi connectivity index (χ1n) is 7.25. The molecule has 2 aromatic heterocycles. The maximum atomic E-state index is 5.53. The van der Waals surface area contributed by atoms with E-state index in [1.807, 2.05) is 18.7 Å². The molecule has 1 aliphatic rings. The van der Waals surface area contributed by atoms with Crippen molar-refractivity contribution in [3.05, 3.63) is 10.5 Å². The number of H-pyrrole nitrogens is 1. The second-order valence-corrected chi connectivity index (χ2v) is 6.18. The molecule has 0 spiro atoms. The van der Waals surface area contributed by atoms with Crippen molar-refractivity contribution in [2.45, 2.75) is 52.0 Å². The molecular formula is C14H22N4S. The first kappa shape index (κ1) is 12.9. The molecule has 0 unspecified atom stereocenters. The van der Waals surface area contributed by atoms with Gasteiger partial charge in [-0.05, 0) is 50.7 Å². The number of aromatic nitrogens is 4. The van der Waals surface area contributed by atoms with Gasteiger partial charge in [0.25, 0.3) is 0 Å². The van der Waals surface area contributed by atoms with Crippen LogP contribution in [0, 0.1) is 17.6 Å². The Bertz CT molecular complexity index is 640. The predicted octanol–water partition coefficient (Wildman–Crippen LogP) is 3.88. The van der Waals surface area contributed by atoms with Gasteiger partial charge in [0.05, 0.1) is 5.69 Å². The summed E-state index contributed by atoms with van der Waals surface area (Å²) in [5, 5.41) is 4.50. The minimum absolute atomic E-state index is 0.541. The van der Waals surface area contributed by atoms with E-state index in [1.54, 1.807) is 0 Å². The highest BCUT2D eigenvalue weighted by Gasteiger charge is 2.25. The summed E-state index contributed by atoms with van der Waals surface area (Å²) in [6.45, 7) is 4.33. The molecule has 0 bridgehead atoms. The van der Waals surface area contributed by atoms with E-state index in [0.29, 0.717) is 6.04 Å². The lowest BCUT2D eigenvalue weighted by molar-refractivity contribution is 0.270. The van der Waals surface area contributed by atoms with Gasteiger partial charge in [-0.2, -0.15) is 5.10 Å². The van der Waals surface area contributed by atoms with Gasteiger partial charge in [-0.15, -0.1) is 0 Å². The summed E-state index contributed by atoms with van der Waals surface area (Å²) < 4.78 is 5.12. The Hall–Kier alpha value is -1.10. The molecule has 2 aromatic rings. The zero-order valence-electron chi connectivity index (χ0n) is 11.9. The fourth-order valence-electron chi connectivity index (χ4n) is 3.48. The molecule has 1 saturated carbocycles. The summed E-state index contributed by atoms with van der Waals surface area (Å²) in [5.74, 6) is 0.910. The zero-order chi connectivity index (χ0) is 13.6. The highest BCUT2D eigenvalue weighted by Crippen LogP contribution is 2.35. The van der Waals surface area contributed by atoms with Crippen LogP contribution in [0.5, 0.6) is 0 Å². The zero-order valence-corrected chi connectivity index (χ0v) is 12.8. The number of aryl methyl sites for hydroxylation is 2. The van der Waals surface area contributed by atoms with Crippen LogP contribution >= 0.6 is 12.2 Å². The van der Waals surface area contributed by atoms with Crippen LogP contribution in [0.4, 0.5) is 0 Å². The summed E-state index contributed by atoms with van der Waals surface area (Å²) in [5.41, 5.74) is 3.29. The summed E-state index contributed by atoms with van der Waals surface area (Å²) >= 11 is 5.53. The molecule has 104 valence electrons. The van der Waals surface area contributed by atoms with E-state index in [1.165, 1.54) is 32.1 Å². The third kappa shape index (κ3) is 2.04. The van der Waals surface area contributed by atoms with E-state index in [4.69, 9.17) is 12.2 Å². The van der Waals surface area contributed by atoms with Gasteiger partial charge < -0.3 is 4.98 Å². The summed E-state index contributed by atoms with van der Waals surface area (Å²) in [4.78, 5) is 3.33. The van der Waals surface area contributed by atoms with E-state index < -0.39 is 0 Å². The molecule has 19 heavy (non-hydrogen) atoms. The van der Waals surface area contributed by atoms with Crippen molar-refractivity contribution in [3.8, 4) is 0 Å². The van der Waals surface area contributed by atoms with Crippen LogP contribution in [0.1, 0.15) is 50.8 Å². The van der Waals surface area contributed by atoms with Gasteiger partial charge in [-0.3, -0.25) is 9.25 Å². The van der Waals surface area contributed by atoms with Crippen molar-refractivity contribution in [2.24, 2.45) is 13.0 Å². The van der Waals surface area contributed by atoms with Crippen LogP contribution in [0.25, 0.3) is 11.2 Å². The normalized spacial score (nSPS) is 24.2. The molecule has 0 amide bonds. The third-order valence-corrected chi connectivity index (χ3v) is 4.93. The van der Waals surface area contributed by atoms with Crippen molar-refractivity contribution < 1.29 is 0 Å². The monoisotopic (exact) mass is 278 g/mol. The molecule has 0 atom stereocenters. The van der Waals surface area contributed by atoms with Crippen molar-refractivity contribution in [3.63, 3.8) is 0 Å². The summed E-state index contributed by atoms with van der Waals surface area (Å²) in [6, 6.07) is 0.541. The molecule has 5 heteroatoms. The fourth-order valence-corrected chi connectivity index (χ4v) is 3.82. The van der Waals surface area contributed by atoms with E-state index in [9.17, 15) is 0 Å². The number of imidazole rings is 1. The molecule has 2 heterocycles. The quantitative estimate of drug-likeness (QED) is 0.847. The Balaban J connectivity index is 2.01. The number of aromatic amines is 1. The van der Waals surface area contributed by atoms with Crippen LogP contribution < -0.4 is 0 Å². The van der Waals surface area contributed by atoms with Gasteiger partial charge in [-0.1, -0.05) is 13.3 Å². The van der Waals surface area contributed by atoms with Gasteiger partial charge in [0, 0.05) is 13.1 Å². The molecule has 4 nitrogen and oxygen atoms in total. The Morgan fingerprint density at radius 2 is 2.00 bits per heavy atom. The first-order chi connectivity index (χ1) is 9.11. The maximum Gasteiger partial charge on any atom is 0.179 e. The standard InChI is InChI=1S/C14H22N4S/c1-4-10-5-7-11(8-6-10)18-13-12(15-14(18)19)9(2)16-17(13)3/h10-11H,4-8H2,1-3H3,(H,15,19). The summed E-state index contributed by atoms with van der Waals surface area (Å²) in [7, 11) is 2.01. The van der Waals surface area contributed by atoms with Crippen molar-refractivity contribution in [1.29, 1.82) is 0 Å². The largest absolute Gasteiger partial charge is 0.328 e. The SMILES string of the molecule is CCC1CCC(n2c(=S)[nH]c3c(C)nn(C)c32)CC1. The average molecular weight is 278 g/mol. The molecule has 0 aromatic carbocycles. The second-order valence-electron chi connectivity index (χ2n) is 5.79. The lowest BCUT2D eigenvalue weighted by Gasteiger charge is -2.29. The number of hydrogen-bond donors (Lipinski definition) is 1. The number of hydrogen-bond acceptors (Lipinski definition) is 2. The number of fused-ring (bicyclic) bond motifs is 1. The first-order valence-corrected chi connectivity index (χ1v) is 7.66. The lowest BCUT2D eigenvalue weighted by Crippen LogP contribution is -2.19. The van der Waals surface area contributed by atoms with Crippen molar-refractivity contribution >= 4 is 23.4 Å². The molecule has 0 aliphatic heterocycles. The minimum Gasteiger partial charge on any atom is -0.328 e. The number of nitrogens with one attached hydrogen (secondary N) is 1. The van der Waals surface area contributed by atoms with Crippen LogP contribution in [-0.2, 0) is 7.05 Å². The molecule has 1 fully saturated rings. The number of rotatable bonds is 2. The Labute approximate surface area is 118 Å². The lowest BCUT2D eigenvalue weighted by atomic mass is 9.84. The molecule has 3 rings (SSSR count). The summed E-state index contributed by atoms with van der Waals surface area (Å²) in [6.07, 6.45) is 6.44. The average Bonchev–Trinajstić information content (AvgIpc) is 2.88. The van der Waals surface area contributed by atoms with E-state index in [-0.39, 0.29) is 0 Å². The molecule has 0 saturated heterocycles. The van der Waals surface area contributed by atoms with Crippen LogP contribution in [0.3, 0.4) is 0 Å². The topological polar surface area (TPSA) is 38.5 Å². The van der Waals surface area contributed by atoms with E-state index >= 15 is 0 Å². The predicted molar refractivity (Wildman–Crippen MR) is 79.9 cm³/mol. The van der Waals surface area contributed by atoms with Crippen molar-refractivity contribution in [2.75, 3.05) is 0 Å². The Morgan fingerprint density at radius 1 is 1.32 bits per heavy atom. The fraction of sp³-hybridized carbons (Fsp3) is 0.714. The van der Waals surface area contributed by atoms with Gasteiger partial charge >= 0.3 is 0 Å². The van der Waals surface area contributed by atoms with E-state index in [2.05, 4.69) is 21.6 Å². The highest BCUT2D eigenvalue weighted by atomic mass is 32.1. The van der Waals surface area contributed by atoms with E-state index in [0.717, 1.165) is 27.5 Å². The smallest absolute Gasteiger partial charge is 0.179 e. The van der Waals surface area contributed by atoms with Gasteiger partial charge in [0.15, 0.2) is 10.4 Å². The van der Waals surface area contributed by atoms with Gasteiger partial charge in [0.2, 0.25) is 0 Å². The Morgan fingerprint density at radius 3 is 2.63 bits per heavy atom.